The van der Waals surface area contributed by atoms with E-state index in [0.29, 0.717) is 55.7 Å². The van der Waals surface area contributed by atoms with E-state index < -0.39 is 0 Å². The van der Waals surface area contributed by atoms with Crippen LogP contribution in [0, 0.1) is 12.8 Å². The third-order valence-corrected chi connectivity index (χ3v) is 8.32. The van der Waals surface area contributed by atoms with Crippen LogP contribution in [-0.4, -0.2) is 64.2 Å². The van der Waals surface area contributed by atoms with Gasteiger partial charge in [0.1, 0.15) is 17.4 Å². The van der Waals surface area contributed by atoms with Crippen LogP contribution in [-0.2, 0) is 16.1 Å². The third kappa shape index (κ3) is 5.47. The Morgan fingerprint density at radius 2 is 2.00 bits per heavy atom. The second-order valence-corrected chi connectivity index (χ2v) is 11.2. The summed E-state index contributed by atoms with van der Waals surface area (Å²) in [5, 5.41) is 11.3. The monoisotopic (exact) mass is 559 g/mol. The summed E-state index contributed by atoms with van der Waals surface area (Å²) in [6, 6.07) is 16.6. The number of likely N-dealkylation sites (tertiary alicyclic amines) is 1. The number of amides is 2. The molecule has 2 fully saturated rings. The number of hydrogen-bond acceptors (Lipinski definition) is 8. The zero-order valence-corrected chi connectivity index (χ0v) is 22.8. The Hall–Kier alpha value is -4.09. The summed E-state index contributed by atoms with van der Waals surface area (Å²) >= 11 is 1.01. The van der Waals surface area contributed by atoms with Gasteiger partial charge in [0, 0.05) is 41.9 Å². The average molecular weight is 560 g/mol. The number of nitrogens with one attached hydrogen (secondary N) is 2. The number of aromatic amines is 1. The molecule has 2 aromatic heterocycles. The van der Waals surface area contributed by atoms with E-state index in [1.54, 1.807) is 29.2 Å². The number of hydrogen-bond donors (Lipinski definition) is 2. The number of aromatic nitrogens is 3. The van der Waals surface area contributed by atoms with Gasteiger partial charge in [0.2, 0.25) is 5.91 Å². The Morgan fingerprint density at radius 3 is 2.75 bits per heavy atom. The second-order valence-electron chi connectivity index (χ2n) is 10.2. The molecule has 0 bridgehead atoms. The smallest absolute Gasteiger partial charge is 0.322 e. The highest BCUT2D eigenvalue weighted by Gasteiger charge is 2.41. The van der Waals surface area contributed by atoms with Crippen molar-refractivity contribution in [3.63, 3.8) is 0 Å². The summed E-state index contributed by atoms with van der Waals surface area (Å²) < 4.78 is 11.4. The predicted molar refractivity (Wildman–Crippen MR) is 149 cm³/mol. The lowest BCUT2D eigenvalue weighted by Crippen LogP contribution is -2.41. The quantitative estimate of drug-likeness (QED) is 0.356. The van der Waals surface area contributed by atoms with Crippen molar-refractivity contribution in [3.05, 3.63) is 86.1 Å². The highest BCUT2D eigenvalue weighted by molar-refractivity contribution is 7.08. The van der Waals surface area contributed by atoms with Gasteiger partial charge in [-0.05, 0) is 49.7 Å². The van der Waals surface area contributed by atoms with Crippen LogP contribution in [0.3, 0.4) is 0 Å². The van der Waals surface area contributed by atoms with Gasteiger partial charge in [0.15, 0.2) is 0 Å². The summed E-state index contributed by atoms with van der Waals surface area (Å²) in [5.74, 6) is -0.0553. The molecule has 206 valence electrons. The summed E-state index contributed by atoms with van der Waals surface area (Å²) in [6.07, 6.45) is 0.693. The molecule has 3 atom stereocenters. The molecule has 0 saturated carbocycles. The molecule has 2 aliphatic rings. The molecule has 0 aliphatic carbocycles. The third-order valence-electron chi connectivity index (χ3n) is 7.44. The second kappa shape index (κ2) is 11.2. The number of para-hydroxylation sites is 1. The minimum atomic E-state index is -0.378. The van der Waals surface area contributed by atoms with E-state index in [9.17, 15) is 14.4 Å². The molecule has 6 rings (SSSR count). The number of carbonyl (C=O) groups excluding carboxylic acids is 2. The Labute approximate surface area is 234 Å². The van der Waals surface area contributed by atoms with Gasteiger partial charge < -0.3 is 19.7 Å². The molecule has 0 spiro atoms. The lowest BCUT2D eigenvalue weighted by Gasteiger charge is -2.20. The summed E-state index contributed by atoms with van der Waals surface area (Å²) in [7, 11) is 0. The van der Waals surface area contributed by atoms with Crippen LogP contribution in [0.2, 0.25) is 0 Å². The first kappa shape index (κ1) is 26.1. The Kier molecular flexibility index (Phi) is 7.31. The molecule has 4 heterocycles. The molecule has 4 aromatic rings. The van der Waals surface area contributed by atoms with E-state index >= 15 is 0 Å². The highest BCUT2D eigenvalue weighted by Crippen LogP contribution is 2.30. The van der Waals surface area contributed by atoms with Crippen molar-refractivity contribution in [3.8, 4) is 5.75 Å². The number of carbonyl (C=O) groups is 2. The van der Waals surface area contributed by atoms with Gasteiger partial charge in [-0.2, -0.15) is 5.10 Å². The van der Waals surface area contributed by atoms with Gasteiger partial charge in [-0.15, -0.1) is 0 Å². The minimum absolute atomic E-state index is 0.0146. The van der Waals surface area contributed by atoms with Crippen LogP contribution in [0.15, 0.2) is 59.4 Å². The zero-order chi connectivity index (χ0) is 27.6. The van der Waals surface area contributed by atoms with Crippen molar-refractivity contribution in [2.75, 3.05) is 26.3 Å². The maximum atomic E-state index is 13.2. The predicted octanol–water partition coefficient (Wildman–Crippen LogP) is 3.03. The number of aryl methyl sites for hydroxylation is 1. The van der Waals surface area contributed by atoms with Crippen molar-refractivity contribution < 1.29 is 19.1 Å². The highest BCUT2D eigenvalue weighted by atomic mass is 32.1. The molecule has 2 aliphatic heterocycles. The van der Waals surface area contributed by atoms with Crippen LogP contribution in [0.25, 0.3) is 10.9 Å². The standard InChI is InChI=1S/C29H29N5O5S/c1-17-12-20(22-4-2-3-5-24(22)30-17)16-39-21-8-6-18(7-9-21)26(35)31-25-14-34(28(36)19-10-11-38-15-19)13-23(25)27-32-33-29(37)40-27/h2-9,12,19,23,25H,10-11,13-16H2,1H3,(H,31,35)(H,33,37)/t19?,23-,25+/m0/s1. The fraction of sp³-hybridized carbons (Fsp3) is 0.345. The van der Waals surface area contributed by atoms with Crippen molar-refractivity contribution >= 4 is 34.1 Å². The van der Waals surface area contributed by atoms with E-state index in [4.69, 9.17) is 9.47 Å². The molecule has 0 radical (unpaired) electrons. The first-order valence-corrected chi connectivity index (χ1v) is 14.1. The molecule has 2 aromatic carbocycles. The van der Waals surface area contributed by atoms with E-state index in [1.165, 1.54) is 0 Å². The summed E-state index contributed by atoms with van der Waals surface area (Å²) in [5.41, 5.74) is 3.37. The Balaban J connectivity index is 1.13. The average Bonchev–Trinajstić information content (AvgIpc) is 3.73. The van der Waals surface area contributed by atoms with Crippen LogP contribution < -0.4 is 14.9 Å². The fourth-order valence-electron chi connectivity index (χ4n) is 5.40. The zero-order valence-electron chi connectivity index (χ0n) is 22.0. The molecule has 2 saturated heterocycles. The van der Waals surface area contributed by atoms with Gasteiger partial charge in [-0.1, -0.05) is 29.5 Å². The van der Waals surface area contributed by atoms with Crippen LogP contribution in [0.1, 0.15) is 39.0 Å². The van der Waals surface area contributed by atoms with E-state index in [-0.39, 0.29) is 34.6 Å². The first-order chi connectivity index (χ1) is 19.4. The number of benzene rings is 2. The van der Waals surface area contributed by atoms with Gasteiger partial charge in [-0.3, -0.25) is 19.4 Å². The SMILES string of the molecule is Cc1cc(COc2ccc(C(=O)N[C@@H]3CN(C(=O)C4CCOC4)C[C@@H]3c3n[nH]c(=O)s3)cc2)c2ccccc2n1. The van der Waals surface area contributed by atoms with E-state index in [0.717, 1.165) is 33.5 Å². The number of ether oxygens (including phenoxy) is 2. The Bertz CT molecular complexity index is 1590. The molecular weight excluding hydrogens is 530 g/mol. The van der Waals surface area contributed by atoms with Crippen LogP contribution in [0.5, 0.6) is 5.75 Å². The summed E-state index contributed by atoms with van der Waals surface area (Å²) in [6.45, 7) is 4.06. The van der Waals surface area contributed by atoms with E-state index in [1.807, 2.05) is 37.3 Å². The lowest BCUT2D eigenvalue weighted by atomic mass is 10.0. The Morgan fingerprint density at radius 1 is 1.18 bits per heavy atom. The topological polar surface area (TPSA) is 127 Å². The summed E-state index contributed by atoms with van der Waals surface area (Å²) in [4.78, 5) is 44.1. The maximum absolute atomic E-state index is 13.2. The molecule has 2 N–H and O–H groups in total. The van der Waals surface area contributed by atoms with Crippen molar-refractivity contribution in [2.45, 2.75) is 31.9 Å². The number of fused-ring (bicyclic) bond motifs is 1. The molecular formula is C29H29N5O5S. The number of nitrogens with zero attached hydrogens (tertiary/aromatic N) is 3. The van der Waals surface area contributed by atoms with Crippen molar-refractivity contribution in [1.29, 1.82) is 0 Å². The number of H-pyrrole nitrogens is 1. The largest absolute Gasteiger partial charge is 0.489 e. The van der Waals surface area contributed by atoms with E-state index in [2.05, 4.69) is 20.5 Å². The molecule has 40 heavy (non-hydrogen) atoms. The molecule has 11 heteroatoms. The van der Waals surface area contributed by atoms with Crippen molar-refractivity contribution in [1.82, 2.24) is 25.4 Å². The number of rotatable bonds is 7. The van der Waals surface area contributed by atoms with Crippen LogP contribution in [0.4, 0.5) is 0 Å². The molecule has 1 unspecified atom stereocenters. The first-order valence-electron chi connectivity index (χ1n) is 13.3. The maximum Gasteiger partial charge on any atom is 0.322 e. The van der Waals surface area contributed by atoms with Crippen LogP contribution >= 0.6 is 11.3 Å². The van der Waals surface area contributed by atoms with Gasteiger partial charge in [0.25, 0.3) is 5.91 Å². The lowest BCUT2D eigenvalue weighted by molar-refractivity contribution is -0.134. The normalized spacial score (nSPS) is 20.6. The van der Waals surface area contributed by atoms with Gasteiger partial charge in [-0.25, -0.2) is 5.10 Å². The van der Waals surface area contributed by atoms with Gasteiger partial charge in [0.05, 0.1) is 30.0 Å². The number of pyridine rings is 1. The molecule has 2 amide bonds. The van der Waals surface area contributed by atoms with Gasteiger partial charge >= 0.3 is 4.87 Å². The minimum Gasteiger partial charge on any atom is -0.489 e. The van der Waals surface area contributed by atoms with Crippen molar-refractivity contribution in [2.24, 2.45) is 5.92 Å². The molecule has 10 nitrogen and oxygen atoms in total. The fourth-order valence-corrected chi connectivity index (χ4v) is 6.16.